The van der Waals surface area contributed by atoms with Crippen LogP contribution in [0.1, 0.15) is 38.5 Å². The maximum atomic E-state index is 6.91. The Hall–Kier alpha value is -0.790. The topological polar surface area (TPSA) is 27.1 Å². The molecule has 0 spiro atoms. The van der Waals surface area contributed by atoms with Crippen LogP contribution >= 0.6 is 0 Å². The van der Waals surface area contributed by atoms with Crippen molar-refractivity contribution in [1.82, 2.24) is 4.90 Å². The molecule has 0 aromatic heterocycles. The third-order valence-electron chi connectivity index (χ3n) is 2.60. The molecule has 1 aliphatic heterocycles. The zero-order valence-electron chi connectivity index (χ0n) is 8.55. The minimum absolute atomic E-state index is 0.924. The third-order valence-corrected chi connectivity index (χ3v) is 2.60. The average Bonchev–Trinajstić information content (AvgIpc) is 2.15. The number of likely N-dealkylation sites (tertiary alicyclic amines) is 1. The van der Waals surface area contributed by atoms with Gasteiger partial charge < -0.3 is 10.3 Å². The number of allylic oxidation sites excluding steroid dienone is 2. The van der Waals surface area contributed by atoms with E-state index in [1.807, 2.05) is 0 Å². The van der Waals surface area contributed by atoms with Crippen molar-refractivity contribution in [3.8, 4) is 0 Å². The van der Waals surface area contributed by atoms with Gasteiger partial charge in [-0.1, -0.05) is 6.08 Å². The zero-order chi connectivity index (χ0) is 9.52. The average molecular weight is 180 g/mol. The van der Waals surface area contributed by atoms with Crippen LogP contribution in [-0.2, 0) is 0 Å². The van der Waals surface area contributed by atoms with E-state index in [1.165, 1.54) is 37.7 Å². The molecule has 1 saturated heterocycles. The predicted molar refractivity (Wildman–Crippen MR) is 57.2 cm³/mol. The van der Waals surface area contributed by atoms with Crippen LogP contribution in [0.15, 0.2) is 11.8 Å². The fourth-order valence-corrected chi connectivity index (χ4v) is 1.74. The highest BCUT2D eigenvalue weighted by atomic mass is 15.1. The minimum atomic E-state index is 0.924. The van der Waals surface area contributed by atoms with Gasteiger partial charge in [0.1, 0.15) is 0 Å². The molecule has 1 fully saturated rings. The number of hydrogen-bond donors (Lipinski definition) is 1. The van der Waals surface area contributed by atoms with Crippen molar-refractivity contribution < 1.29 is 0 Å². The van der Waals surface area contributed by atoms with Crippen LogP contribution < -0.4 is 0 Å². The van der Waals surface area contributed by atoms with E-state index in [-0.39, 0.29) is 0 Å². The molecule has 0 bridgehead atoms. The van der Waals surface area contributed by atoms with Gasteiger partial charge >= 0.3 is 0 Å². The van der Waals surface area contributed by atoms with Crippen molar-refractivity contribution in [1.29, 1.82) is 5.41 Å². The van der Waals surface area contributed by atoms with Gasteiger partial charge in [0.05, 0.1) is 0 Å². The summed E-state index contributed by atoms with van der Waals surface area (Å²) in [6, 6.07) is 0. The molecule has 0 aromatic rings. The Morgan fingerprint density at radius 3 is 2.92 bits per heavy atom. The second-order valence-electron chi connectivity index (χ2n) is 3.71. The van der Waals surface area contributed by atoms with Crippen LogP contribution in [0.4, 0.5) is 0 Å². The number of nitrogens with zero attached hydrogens (tertiary/aromatic N) is 1. The third kappa shape index (κ3) is 3.62. The van der Waals surface area contributed by atoms with Gasteiger partial charge in [-0.05, 0) is 44.7 Å². The normalized spacial score (nSPS) is 20.7. The number of hydrogen-bond acceptors (Lipinski definition) is 2. The Balaban J connectivity index is 2.26. The van der Waals surface area contributed by atoms with Gasteiger partial charge in [-0.2, -0.15) is 0 Å². The first-order valence-electron chi connectivity index (χ1n) is 5.23. The molecular weight excluding hydrogens is 160 g/mol. The predicted octanol–water partition coefficient (Wildman–Crippen LogP) is 2.81. The van der Waals surface area contributed by atoms with Gasteiger partial charge in [0, 0.05) is 19.3 Å². The fraction of sp³-hybridized carbons (Fsp3) is 0.727. The van der Waals surface area contributed by atoms with Crippen LogP contribution in [0.5, 0.6) is 0 Å². The van der Waals surface area contributed by atoms with Gasteiger partial charge in [-0.25, -0.2) is 0 Å². The second kappa shape index (κ2) is 5.79. The summed E-state index contributed by atoms with van der Waals surface area (Å²) in [5.41, 5.74) is 1.51. The lowest BCUT2D eigenvalue weighted by molar-refractivity contribution is 0.343. The molecule has 2 nitrogen and oxygen atoms in total. The molecule has 0 aromatic carbocycles. The summed E-state index contributed by atoms with van der Waals surface area (Å²) >= 11 is 0. The summed E-state index contributed by atoms with van der Waals surface area (Å²) < 4.78 is 0. The molecule has 0 aliphatic carbocycles. The summed E-state index contributed by atoms with van der Waals surface area (Å²) in [6.45, 7) is 1.22. The summed E-state index contributed by atoms with van der Waals surface area (Å²) in [6.07, 6.45) is 11.0. The van der Waals surface area contributed by atoms with Crippen LogP contribution in [-0.4, -0.2) is 24.7 Å². The number of rotatable bonds is 4. The molecule has 2 heteroatoms. The van der Waals surface area contributed by atoms with Gasteiger partial charge in [0.25, 0.3) is 0 Å². The number of unbranched alkanes of at least 4 members (excludes halogenated alkanes) is 2. The van der Waals surface area contributed by atoms with Crippen LogP contribution in [0, 0.1) is 5.41 Å². The highest BCUT2D eigenvalue weighted by Crippen LogP contribution is 2.19. The molecule has 13 heavy (non-hydrogen) atoms. The van der Waals surface area contributed by atoms with E-state index >= 15 is 0 Å². The maximum absolute atomic E-state index is 6.91. The van der Waals surface area contributed by atoms with Gasteiger partial charge in [0.15, 0.2) is 0 Å². The number of piperidine rings is 1. The van der Waals surface area contributed by atoms with E-state index < -0.39 is 0 Å². The van der Waals surface area contributed by atoms with Crippen molar-refractivity contribution in [3.63, 3.8) is 0 Å². The van der Waals surface area contributed by atoms with Crippen molar-refractivity contribution in [2.24, 2.45) is 0 Å². The largest absolute Gasteiger partial charge is 0.378 e. The molecule has 0 unspecified atom stereocenters. The van der Waals surface area contributed by atoms with Crippen molar-refractivity contribution in [2.45, 2.75) is 38.5 Å². The van der Waals surface area contributed by atoms with E-state index in [0.717, 1.165) is 19.3 Å². The minimum Gasteiger partial charge on any atom is -0.378 e. The van der Waals surface area contributed by atoms with Crippen molar-refractivity contribution in [3.05, 3.63) is 11.8 Å². The van der Waals surface area contributed by atoms with Crippen molar-refractivity contribution in [2.75, 3.05) is 13.6 Å². The first kappa shape index (κ1) is 10.3. The second-order valence-corrected chi connectivity index (χ2v) is 3.71. The smallest absolute Gasteiger partial charge is 0.0171 e. The van der Waals surface area contributed by atoms with E-state index in [4.69, 9.17) is 5.41 Å². The molecule has 1 N–H and O–H groups in total. The van der Waals surface area contributed by atoms with Crippen LogP contribution in [0.25, 0.3) is 0 Å². The SMILES string of the molecule is CN1CCCC/C1=C\CCCC=N. The van der Waals surface area contributed by atoms with E-state index in [2.05, 4.69) is 18.0 Å². The van der Waals surface area contributed by atoms with Crippen molar-refractivity contribution >= 4 is 6.21 Å². The quantitative estimate of drug-likeness (QED) is 0.522. The Kier molecular flexibility index (Phi) is 4.58. The van der Waals surface area contributed by atoms with Crippen LogP contribution in [0.2, 0.25) is 0 Å². The van der Waals surface area contributed by atoms with Gasteiger partial charge in [0.2, 0.25) is 0 Å². The molecular formula is C11H20N2. The molecule has 74 valence electrons. The summed E-state index contributed by atoms with van der Waals surface area (Å²) in [5, 5.41) is 6.91. The Morgan fingerprint density at radius 1 is 1.38 bits per heavy atom. The standard InChI is InChI=1S/C11H20N2/c1-13-10-6-4-8-11(13)7-3-2-5-9-12/h7,9,12H,2-6,8,10H2,1H3/b11-7+,12-9?. The fourth-order valence-electron chi connectivity index (χ4n) is 1.74. The highest BCUT2D eigenvalue weighted by Gasteiger charge is 2.09. The van der Waals surface area contributed by atoms with Gasteiger partial charge in [-0.15, -0.1) is 0 Å². The lowest BCUT2D eigenvalue weighted by Gasteiger charge is -2.27. The monoisotopic (exact) mass is 180 g/mol. The Labute approximate surface area is 81.1 Å². The first-order valence-corrected chi connectivity index (χ1v) is 5.23. The Bertz CT molecular complexity index is 185. The maximum Gasteiger partial charge on any atom is 0.0171 e. The Morgan fingerprint density at radius 2 is 2.23 bits per heavy atom. The van der Waals surface area contributed by atoms with Gasteiger partial charge in [-0.3, -0.25) is 0 Å². The number of nitrogens with one attached hydrogen (secondary N) is 1. The summed E-state index contributed by atoms with van der Waals surface area (Å²) in [5.74, 6) is 0. The highest BCUT2D eigenvalue weighted by molar-refractivity contribution is 5.52. The molecule has 1 aliphatic rings. The first-order chi connectivity index (χ1) is 6.34. The molecule has 1 rings (SSSR count). The van der Waals surface area contributed by atoms with E-state index in [9.17, 15) is 0 Å². The van der Waals surface area contributed by atoms with E-state index in [0.29, 0.717) is 0 Å². The molecule has 0 atom stereocenters. The summed E-state index contributed by atoms with van der Waals surface area (Å²) in [7, 11) is 2.18. The van der Waals surface area contributed by atoms with E-state index in [1.54, 1.807) is 0 Å². The summed E-state index contributed by atoms with van der Waals surface area (Å²) in [4.78, 5) is 2.37. The molecule has 1 heterocycles. The lowest BCUT2D eigenvalue weighted by Crippen LogP contribution is -2.23. The lowest BCUT2D eigenvalue weighted by atomic mass is 10.1. The zero-order valence-corrected chi connectivity index (χ0v) is 8.55. The molecule has 0 saturated carbocycles. The molecule has 0 radical (unpaired) electrons. The molecule has 0 amide bonds. The van der Waals surface area contributed by atoms with Crippen LogP contribution in [0.3, 0.4) is 0 Å².